The van der Waals surface area contributed by atoms with E-state index in [0.717, 1.165) is 31.7 Å². The normalized spacial score (nSPS) is 18.5. The quantitative estimate of drug-likeness (QED) is 0.890. The van der Waals surface area contributed by atoms with Crippen molar-refractivity contribution >= 4 is 11.6 Å². The van der Waals surface area contributed by atoms with Crippen molar-refractivity contribution in [1.82, 2.24) is 15.3 Å². The Hall–Kier alpha value is -0.680. The lowest BCUT2D eigenvalue weighted by molar-refractivity contribution is 0.102. The molecule has 0 saturated carbocycles. The third-order valence-electron chi connectivity index (χ3n) is 3.00. The van der Waals surface area contributed by atoms with Gasteiger partial charge in [0.1, 0.15) is 5.82 Å². The molecule has 1 N–H and O–H groups in total. The van der Waals surface area contributed by atoms with Gasteiger partial charge < -0.3 is 4.90 Å². The number of nitrogens with zero attached hydrogens (tertiary/aromatic N) is 2. The van der Waals surface area contributed by atoms with Crippen LogP contribution in [0, 0.1) is 5.82 Å². The van der Waals surface area contributed by atoms with Crippen LogP contribution >= 0.6 is 11.6 Å². The number of hydrogen-bond acceptors (Lipinski definition) is 3. The molecule has 1 aliphatic rings. The lowest BCUT2D eigenvalue weighted by Gasteiger charge is -2.32. The number of benzene rings is 1. The fourth-order valence-corrected chi connectivity index (χ4v) is 2.02. The Balaban J connectivity index is 1.87. The van der Waals surface area contributed by atoms with Crippen LogP contribution in [0.1, 0.15) is 5.56 Å². The van der Waals surface area contributed by atoms with Gasteiger partial charge in [-0.1, -0.05) is 11.6 Å². The van der Waals surface area contributed by atoms with Crippen LogP contribution in [0.2, 0.25) is 5.02 Å². The molecule has 0 radical (unpaired) electrons. The lowest BCUT2D eigenvalue weighted by atomic mass is 10.2. The van der Waals surface area contributed by atoms with Gasteiger partial charge in [-0.2, -0.15) is 0 Å². The number of rotatable bonds is 3. The molecule has 0 unspecified atom stereocenters. The summed E-state index contributed by atoms with van der Waals surface area (Å²) < 4.78 is 13.1. The zero-order valence-corrected chi connectivity index (χ0v) is 10.7. The van der Waals surface area contributed by atoms with Gasteiger partial charge in [0.05, 0.1) is 0 Å². The molecule has 94 valence electrons. The van der Waals surface area contributed by atoms with Crippen molar-refractivity contribution in [3.8, 4) is 0 Å². The van der Waals surface area contributed by atoms with E-state index in [0.29, 0.717) is 11.6 Å². The van der Waals surface area contributed by atoms with Crippen LogP contribution in [-0.2, 0) is 6.54 Å². The average Bonchev–Trinajstić information content (AvgIpc) is 2.32. The van der Waals surface area contributed by atoms with Gasteiger partial charge in [0.25, 0.3) is 0 Å². The predicted octanol–water partition coefficient (Wildman–Crippen LogP) is 1.73. The molecule has 0 aromatic heterocycles. The van der Waals surface area contributed by atoms with Gasteiger partial charge in [0.15, 0.2) is 0 Å². The van der Waals surface area contributed by atoms with E-state index in [2.05, 4.69) is 22.4 Å². The number of nitrogens with one attached hydrogen (secondary N) is 1. The van der Waals surface area contributed by atoms with Crippen molar-refractivity contribution in [2.24, 2.45) is 0 Å². The number of likely N-dealkylation sites (N-methyl/N-ethyl adjacent to an activating group) is 1. The summed E-state index contributed by atoms with van der Waals surface area (Å²) in [6.07, 6.45) is 0. The Bertz CT molecular complexity index is 378. The van der Waals surface area contributed by atoms with E-state index in [-0.39, 0.29) is 5.82 Å². The Morgan fingerprint density at radius 2 is 2.00 bits per heavy atom. The van der Waals surface area contributed by atoms with E-state index < -0.39 is 0 Å². The first-order valence-electron chi connectivity index (χ1n) is 5.76. The Morgan fingerprint density at radius 3 is 2.71 bits per heavy atom. The van der Waals surface area contributed by atoms with Crippen molar-refractivity contribution in [3.05, 3.63) is 34.6 Å². The number of hydrazine groups is 1. The second-order valence-electron chi connectivity index (χ2n) is 4.36. The summed E-state index contributed by atoms with van der Waals surface area (Å²) in [7, 11) is 2.11. The van der Waals surface area contributed by atoms with Gasteiger partial charge in [0.2, 0.25) is 0 Å². The lowest BCUT2D eigenvalue weighted by Crippen LogP contribution is -2.50. The van der Waals surface area contributed by atoms with Crippen LogP contribution < -0.4 is 5.43 Å². The van der Waals surface area contributed by atoms with Crippen LogP contribution in [-0.4, -0.2) is 43.1 Å². The number of hydrogen-bond donors (Lipinski definition) is 1. The first-order chi connectivity index (χ1) is 8.15. The van der Waals surface area contributed by atoms with E-state index in [1.165, 1.54) is 12.1 Å². The molecule has 1 fully saturated rings. The first-order valence-corrected chi connectivity index (χ1v) is 6.14. The largest absolute Gasteiger partial charge is 0.304 e. The molecule has 2 rings (SSSR count). The van der Waals surface area contributed by atoms with E-state index in [9.17, 15) is 4.39 Å². The van der Waals surface area contributed by atoms with Crippen LogP contribution in [0.25, 0.3) is 0 Å². The monoisotopic (exact) mass is 257 g/mol. The van der Waals surface area contributed by atoms with Crippen molar-refractivity contribution in [3.63, 3.8) is 0 Å². The molecule has 1 aromatic rings. The van der Waals surface area contributed by atoms with E-state index in [1.807, 2.05) is 0 Å². The molecule has 0 amide bonds. The van der Waals surface area contributed by atoms with Crippen LogP contribution in [0.5, 0.6) is 0 Å². The summed E-state index contributed by atoms with van der Waals surface area (Å²) in [6.45, 7) is 4.61. The fourth-order valence-electron chi connectivity index (χ4n) is 1.84. The minimum absolute atomic E-state index is 0.246. The molecule has 0 aliphatic carbocycles. The Kier molecular flexibility index (Phi) is 4.34. The molecule has 1 heterocycles. The summed E-state index contributed by atoms with van der Waals surface area (Å²) in [5.41, 5.74) is 4.08. The van der Waals surface area contributed by atoms with E-state index in [1.54, 1.807) is 6.07 Å². The third-order valence-corrected chi connectivity index (χ3v) is 3.37. The molecule has 0 bridgehead atoms. The zero-order valence-electron chi connectivity index (χ0n) is 9.92. The smallest absolute Gasteiger partial charge is 0.123 e. The summed E-state index contributed by atoms with van der Waals surface area (Å²) in [4.78, 5) is 2.29. The van der Waals surface area contributed by atoms with Gasteiger partial charge in [-0.15, -0.1) is 0 Å². The Morgan fingerprint density at radius 1 is 1.29 bits per heavy atom. The molecule has 0 atom stereocenters. The third kappa shape index (κ3) is 3.64. The van der Waals surface area contributed by atoms with Gasteiger partial charge in [0, 0.05) is 37.7 Å². The minimum Gasteiger partial charge on any atom is -0.304 e. The standard InChI is InChI=1S/C12H17ClFN3/c1-16-4-6-17(7-5-16)15-9-10-8-11(14)2-3-12(10)13/h2-3,8,15H,4-7,9H2,1H3. The fraction of sp³-hybridized carbons (Fsp3) is 0.500. The van der Waals surface area contributed by atoms with Gasteiger partial charge in [-0.3, -0.25) is 5.43 Å². The predicted molar refractivity (Wildman–Crippen MR) is 67.3 cm³/mol. The highest BCUT2D eigenvalue weighted by Gasteiger charge is 2.13. The van der Waals surface area contributed by atoms with Crippen molar-refractivity contribution in [2.45, 2.75) is 6.54 Å². The molecule has 1 aromatic carbocycles. The molecule has 0 spiro atoms. The maximum atomic E-state index is 13.1. The van der Waals surface area contributed by atoms with Crippen LogP contribution in [0.15, 0.2) is 18.2 Å². The van der Waals surface area contributed by atoms with Crippen LogP contribution in [0.4, 0.5) is 4.39 Å². The van der Waals surface area contributed by atoms with Gasteiger partial charge in [-0.05, 0) is 30.8 Å². The highest BCUT2D eigenvalue weighted by molar-refractivity contribution is 6.31. The summed E-state index contributed by atoms with van der Waals surface area (Å²) in [5, 5.41) is 2.76. The number of halogens is 2. The first kappa shape index (κ1) is 12.8. The average molecular weight is 258 g/mol. The zero-order chi connectivity index (χ0) is 12.3. The summed E-state index contributed by atoms with van der Waals surface area (Å²) >= 11 is 6.00. The molecule has 5 heteroatoms. The van der Waals surface area contributed by atoms with Crippen molar-refractivity contribution < 1.29 is 4.39 Å². The second-order valence-corrected chi connectivity index (χ2v) is 4.77. The molecule has 3 nitrogen and oxygen atoms in total. The van der Waals surface area contributed by atoms with Crippen molar-refractivity contribution in [1.29, 1.82) is 0 Å². The molecular weight excluding hydrogens is 241 g/mol. The maximum absolute atomic E-state index is 13.1. The van der Waals surface area contributed by atoms with E-state index >= 15 is 0 Å². The highest BCUT2D eigenvalue weighted by Crippen LogP contribution is 2.16. The topological polar surface area (TPSA) is 18.5 Å². The summed E-state index contributed by atoms with van der Waals surface area (Å²) in [5.74, 6) is -0.246. The molecule has 17 heavy (non-hydrogen) atoms. The van der Waals surface area contributed by atoms with E-state index in [4.69, 9.17) is 11.6 Å². The van der Waals surface area contributed by atoms with Crippen molar-refractivity contribution in [2.75, 3.05) is 33.2 Å². The summed E-state index contributed by atoms with van der Waals surface area (Å²) in [6, 6.07) is 4.45. The number of piperazine rings is 1. The highest BCUT2D eigenvalue weighted by atomic mass is 35.5. The molecule has 1 saturated heterocycles. The van der Waals surface area contributed by atoms with Gasteiger partial charge >= 0.3 is 0 Å². The minimum atomic E-state index is -0.246. The van der Waals surface area contributed by atoms with Gasteiger partial charge in [-0.25, -0.2) is 9.40 Å². The molecule has 1 aliphatic heterocycles. The second kappa shape index (κ2) is 5.78. The molecular formula is C12H17ClFN3. The van der Waals surface area contributed by atoms with Crippen LogP contribution in [0.3, 0.4) is 0 Å². The SMILES string of the molecule is CN1CCN(NCc2cc(F)ccc2Cl)CC1. The Labute approximate surface area is 106 Å². The maximum Gasteiger partial charge on any atom is 0.123 e.